The Morgan fingerprint density at radius 3 is 2.72 bits per heavy atom. The van der Waals surface area contributed by atoms with Crippen molar-refractivity contribution in [3.63, 3.8) is 0 Å². The van der Waals surface area contributed by atoms with Crippen molar-refractivity contribution in [2.75, 3.05) is 12.3 Å². The lowest BCUT2D eigenvalue weighted by Crippen LogP contribution is -2.31. The summed E-state index contributed by atoms with van der Waals surface area (Å²) >= 11 is 0. The third-order valence-corrected chi connectivity index (χ3v) is 4.80. The normalized spacial score (nSPS) is 32.4. The van der Waals surface area contributed by atoms with E-state index in [0.717, 1.165) is 0 Å². The van der Waals surface area contributed by atoms with Crippen LogP contribution in [-0.2, 0) is 18.8 Å². The molecule has 4 heterocycles. The highest BCUT2D eigenvalue weighted by Crippen LogP contribution is 2.51. The first-order valence-electron chi connectivity index (χ1n) is 7.14. The van der Waals surface area contributed by atoms with Crippen LogP contribution in [0.1, 0.15) is 6.23 Å². The molecule has 25 heavy (non-hydrogen) atoms. The maximum Gasteiger partial charge on any atom is 0.381 e. The van der Waals surface area contributed by atoms with E-state index in [-0.39, 0.29) is 17.1 Å². The van der Waals surface area contributed by atoms with Gasteiger partial charge in [0.05, 0.1) is 12.9 Å². The van der Waals surface area contributed by atoms with E-state index in [2.05, 4.69) is 15.0 Å². The predicted molar refractivity (Wildman–Crippen MR) is 79.1 cm³/mol. The number of hydrogen-bond donors (Lipinski definition) is 5. The number of imidazole rings is 1. The molecule has 2 aliphatic rings. The zero-order valence-electron chi connectivity index (χ0n) is 12.4. The van der Waals surface area contributed by atoms with Gasteiger partial charge in [-0.25, -0.2) is 4.98 Å². The van der Waals surface area contributed by atoms with Crippen molar-refractivity contribution in [1.29, 1.82) is 0 Å². The quantitative estimate of drug-likeness (QED) is 0.366. The second kappa shape index (κ2) is 5.57. The topological polar surface area (TPSA) is 195 Å². The van der Waals surface area contributed by atoms with Crippen LogP contribution in [0.5, 0.6) is 0 Å². The molecular weight excluding hydrogens is 361 g/mol. The molecule has 0 amide bonds. The van der Waals surface area contributed by atoms with Crippen molar-refractivity contribution in [2.45, 2.75) is 30.6 Å². The Balaban J connectivity index is 1.76. The monoisotopic (exact) mass is 375 g/mol. The molecule has 0 radical (unpaired) electrons. The lowest BCUT2D eigenvalue weighted by molar-refractivity contribution is -0.128. The standard InChI is InChI=1S/C11H14N5O8P/c12-10-14-7-4(8(18)15-10)13-2-16(7)9-6-5(3(1-17)22-9)23-11(24-6)25(19,20)21/h2-3,5-6,9,11,17H,1H2,(H2,19,20,21)(H3,12,14,15,18)/t3-,5+,6?,9-,11+/m1/s1. The largest absolute Gasteiger partial charge is 0.394 e. The summed E-state index contributed by atoms with van der Waals surface area (Å²) in [6, 6.07) is -1.76. The molecule has 6 N–H and O–H groups in total. The third kappa shape index (κ3) is 2.57. The zero-order valence-corrected chi connectivity index (χ0v) is 13.3. The van der Waals surface area contributed by atoms with Gasteiger partial charge < -0.3 is 34.8 Å². The molecule has 136 valence electrons. The van der Waals surface area contributed by atoms with Gasteiger partial charge in [-0.1, -0.05) is 0 Å². The fourth-order valence-corrected chi connectivity index (χ4v) is 3.58. The first kappa shape index (κ1) is 16.6. The molecule has 2 aromatic rings. The molecule has 0 spiro atoms. The summed E-state index contributed by atoms with van der Waals surface area (Å²) in [4.78, 5) is 40.6. The van der Waals surface area contributed by atoms with Crippen LogP contribution in [0.25, 0.3) is 11.2 Å². The number of aromatic amines is 1. The van der Waals surface area contributed by atoms with Crippen LogP contribution in [0.3, 0.4) is 0 Å². The highest BCUT2D eigenvalue weighted by Gasteiger charge is 2.57. The van der Waals surface area contributed by atoms with E-state index in [9.17, 15) is 24.3 Å². The summed E-state index contributed by atoms with van der Waals surface area (Å²) in [6.07, 6.45) is -2.46. The molecular formula is C11H14N5O8P. The lowest BCUT2D eigenvalue weighted by atomic mass is 10.1. The number of rotatable bonds is 3. The number of aliphatic hydroxyl groups is 1. The van der Waals surface area contributed by atoms with Crippen molar-refractivity contribution >= 4 is 24.7 Å². The molecule has 0 aromatic carbocycles. The predicted octanol–water partition coefficient (Wildman–Crippen LogP) is -2.16. The molecule has 5 atom stereocenters. The summed E-state index contributed by atoms with van der Waals surface area (Å²) in [6.45, 7) is -0.461. The van der Waals surface area contributed by atoms with E-state index in [1.807, 2.05) is 0 Å². The van der Waals surface area contributed by atoms with Gasteiger partial charge in [0, 0.05) is 0 Å². The number of nitrogens with one attached hydrogen (secondary N) is 1. The number of nitrogens with two attached hydrogens (primary N) is 1. The second-order valence-corrected chi connectivity index (χ2v) is 7.22. The smallest absolute Gasteiger partial charge is 0.381 e. The highest BCUT2D eigenvalue weighted by atomic mass is 31.2. The minimum Gasteiger partial charge on any atom is -0.394 e. The average molecular weight is 375 g/mol. The van der Waals surface area contributed by atoms with Gasteiger partial charge in [-0.15, -0.1) is 0 Å². The number of ether oxygens (including phenoxy) is 3. The number of fused-ring (bicyclic) bond motifs is 2. The van der Waals surface area contributed by atoms with Gasteiger partial charge in [-0.3, -0.25) is 18.9 Å². The summed E-state index contributed by atoms with van der Waals surface area (Å²) in [7, 11) is -4.67. The number of aromatic nitrogens is 4. The number of anilines is 1. The SMILES string of the molecule is Nc1nc2c(ncn2[C@@H]2O[C@H](CO)[C@@H]3O[C@H](P(=O)(O)O)OC32)c(=O)[nH]1. The van der Waals surface area contributed by atoms with Crippen molar-refractivity contribution in [1.82, 2.24) is 19.5 Å². The summed E-state index contributed by atoms with van der Waals surface area (Å²) in [5.74, 6) is -0.135. The van der Waals surface area contributed by atoms with E-state index in [0.29, 0.717) is 0 Å². The Morgan fingerprint density at radius 2 is 2.04 bits per heavy atom. The van der Waals surface area contributed by atoms with Gasteiger partial charge in [0.2, 0.25) is 5.95 Å². The molecule has 0 saturated carbocycles. The molecule has 2 aromatic heterocycles. The molecule has 2 fully saturated rings. The second-order valence-electron chi connectivity index (χ2n) is 5.62. The van der Waals surface area contributed by atoms with Gasteiger partial charge in [0.25, 0.3) is 11.6 Å². The fraction of sp³-hybridized carbons (Fsp3) is 0.545. The number of nitrogens with zero attached hydrogens (tertiary/aromatic N) is 3. The van der Waals surface area contributed by atoms with Crippen LogP contribution in [0, 0.1) is 0 Å². The van der Waals surface area contributed by atoms with Crippen molar-refractivity contribution in [2.24, 2.45) is 0 Å². The van der Waals surface area contributed by atoms with Gasteiger partial charge in [0.15, 0.2) is 17.4 Å². The van der Waals surface area contributed by atoms with Gasteiger partial charge in [-0.05, 0) is 0 Å². The lowest BCUT2D eigenvalue weighted by Gasteiger charge is -2.20. The molecule has 4 rings (SSSR count). The Morgan fingerprint density at radius 1 is 1.32 bits per heavy atom. The Labute approximate surface area is 138 Å². The third-order valence-electron chi connectivity index (χ3n) is 4.01. The van der Waals surface area contributed by atoms with E-state index in [1.54, 1.807) is 0 Å². The minimum atomic E-state index is -4.67. The van der Waals surface area contributed by atoms with Crippen LogP contribution in [0.4, 0.5) is 5.95 Å². The maximum absolute atomic E-state index is 11.9. The van der Waals surface area contributed by atoms with Gasteiger partial charge >= 0.3 is 7.60 Å². The van der Waals surface area contributed by atoms with Crippen LogP contribution in [0.15, 0.2) is 11.1 Å². The van der Waals surface area contributed by atoms with Crippen LogP contribution >= 0.6 is 7.60 Å². The Hall–Kier alpha value is -1.86. The number of nitrogen functional groups attached to an aromatic ring is 1. The van der Waals surface area contributed by atoms with Crippen molar-refractivity contribution < 1.29 is 33.7 Å². The number of H-pyrrole nitrogens is 1. The molecule has 2 aliphatic heterocycles. The summed E-state index contributed by atoms with van der Waals surface area (Å²) < 4.78 is 28.9. The minimum absolute atomic E-state index is 0.00671. The zero-order chi connectivity index (χ0) is 17.9. The van der Waals surface area contributed by atoms with Crippen LogP contribution in [-0.4, -0.2) is 65.4 Å². The van der Waals surface area contributed by atoms with Crippen molar-refractivity contribution in [3.8, 4) is 0 Å². The summed E-state index contributed by atoms with van der Waals surface area (Å²) in [5, 5.41) is 9.45. The van der Waals surface area contributed by atoms with E-state index in [4.69, 9.17) is 19.9 Å². The van der Waals surface area contributed by atoms with Crippen molar-refractivity contribution in [3.05, 3.63) is 16.7 Å². The molecule has 0 bridgehead atoms. The Bertz CT molecular complexity index is 923. The molecule has 13 nitrogen and oxygen atoms in total. The van der Waals surface area contributed by atoms with Crippen LogP contribution < -0.4 is 11.3 Å². The van der Waals surface area contributed by atoms with E-state index < -0.39 is 50.3 Å². The molecule has 2 saturated heterocycles. The fourth-order valence-electron chi connectivity index (χ4n) is 2.98. The highest BCUT2D eigenvalue weighted by molar-refractivity contribution is 7.52. The molecule has 1 unspecified atom stereocenters. The Kier molecular flexibility index (Phi) is 3.70. The van der Waals surface area contributed by atoms with Crippen LogP contribution in [0.2, 0.25) is 0 Å². The first-order chi connectivity index (χ1) is 11.8. The first-order valence-corrected chi connectivity index (χ1v) is 8.82. The number of aliphatic hydroxyl groups excluding tert-OH is 1. The number of hydrogen-bond acceptors (Lipinski definition) is 9. The molecule has 14 heteroatoms. The molecule has 0 aliphatic carbocycles. The maximum atomic E-state index is 11.9. The van der Waals surface area contributed by atoms with Gasteiger partial charge in [-0.2, -0.15) is 4.98 Å². The van der Waals surface area contributed by atoms with Gasteiger partial charge in [0.1, 0.15) is 18.3 Å². The summed E-state index contributed by atoms with van der Waals surface area (Å²) in [5.41, 5.74) is 5.10. The average Bonchev–Trinajstić information content (AvgIpc) is 3.18. The van der Waals surface area contributed by atoms with E-state index in [1.165, 1.54) is 10.9 Å². The van der Waals surface area contributed by atoms with E-state index >= 15 is 0 Å².